The third-order valence-electron chi connectivity index (χ3n) is 1.69. The first-order valence-electron chi connectivity index (χ1n) is 4.64. The molecule has 1 aromatic heterocycles. The fourth-order valence-electron chi connectivity index (χ4n) is 0.841. The molecule has 1 aromatic rings. The number of nitrogens with two attached hydrogens (primary N) is 1. The number of aromatic carboxylic acids is 1. The quantitative estimate of drug-likeness (QED) is 0.832. The van der Waals surface area contributed by atoms with E-state index in [1.54, 1.807) is 13.0 Å². The van der Waals surface area contributed by atoms with Crippen LogP contribution >= 0.6 is 11.3 Å². The summed E-state index contributed by atoms with van der Waals surface area (Å²) in [6.07, 6.45) is 0. The molecular weight excluding hydrogens is 214 g/mol. The lowest BCUT2D eigenvalue weighted by atomic mass is 10.1. The molecule has 0 spiro atoms. The Balaban J connectivity index is 0.000000921. The van der Waals surface area contributed by atoms with Crippen LogP contribution in [0.1, 0.15) is 41.2 Å². The minimum atomic E-state index is -0.979. The molecule has 0 saturated heterocycles. The molecule has 0 aliphatic carbocycles. The molecule has 0 aromatic carbocycles. The lowest BCUT2D eigenvalue weighted by Crippen LogP contribution is -2.17. The minimum Gasteiger partial charge on any atom is -0.477 e. The van der Waals surface area contributed by atoms with Crippen molar-refractivity contribution in [3.8, 4) is 0 Å². The maximum Gasteiger partial charge on any atom is 0.345 e. The van der Waals surface area contributed by atoms with Gasteiger partial charge in [-0.1, -0.05) is 13.8 Å². The summed E-state index contributed by atoms with van der Waals surface area (Å²) < 4.78 is 0. The van der Waals surface area contributed by atoms with Gasteiger partial charge in [-0.15, -0.1) is 11.3 Å². The molecule has 4 nitrogen and oxygen atoms in total. The molecule has 0 aliphatic heterocycles. The molecule has 0 fully saturated rings. The molecule has 1 rings (SSSR count). The third-order valence-corrected chi connectivity index (χ3v) is 2.95. The lowest BCUT2D eigenvalue weighted by Gasteiger charge is -2.01. The zero-order valence-electron chi connectivity index (χ0n) is 8.98. The van der Waals surface area contributed by atoms with E-state index in [4.69, 9.17) is 10.8 Å². The highest BCUT2D eigenvalue weighted by atomic mass is 32.1. The first-order chi connectivity index (χ1) is 7.02. The first-order valence-corrected chi connectivity index (χ1v) is 5.46. The van der Waals surface area contributed by atoms with E-state index in [-0.39, 0.29) is 4.88 Å². The second-order valence-corrected chi connectivity index (χ2v) is 3.75. The Bertz CT molecular complexity index is 346. The molecule has 1 atom stereocenters. The van der Waals surface area contributed by atoms with Gasteiger partial charge in [-0.25, -0.2) is 4.79 Å². The number of carbonyl (C=O) groups is 2. The number of hydrogen-bond acceptors (Lipinski definition) is 3. The number of thiophene rings is 1. The van der Waals surface area contributed by atoms with Gasteiger partial charge in [-0.2, -0.15) is 0 Å². The van der Waals surface area contributed by atoms with E-state index in [0.717, 1.165) is 11.3 Å². The first kappa shape index (κ1) is 13.6. The smallest absolute Gasteiger partial charge is 0.345 e. The number of hydrogen-bond donors (Lipinski definition) is 2. The number of carbonyl (C=O) groups excluding carboxylic acids is 1. The van der Waals surface area contributed by atoms with E-state index in [9.17, 15) is 9.59 Å². The fraction of sp³-hybridized carbons (Fsp3) is 0.400. The zero-order valence-corrected chi connectivity index (χ0v) is 9.80. The zero-order chi connectivity index (χ0) is 12.0. The van der Waals surface area contributed by atoms with Crippen molar-refractivity contribution in [2.45, 2.75) is 26.7 Å². The van der Waals surface area contributed by atoms with Gasteiger partial charge >= 0.3 is 5.97 Å². The van der Waals surface area contributed by atoms with Crippen LogP contribution in [0.4, 0.5) is 0 Å². The van der Waals surface area contributed by atoms with Crippen molar-refractivity contribution in [3.63, 3.8) is 0 Å². The van der Waals surface area contributed by atoms with Crippen molar-refractivity contribution in [1.82, 2.24) is 0 Å². The standard InChI is InChI=1S/C8H9NO3S.C2H6/c1-4(7(9)10)5-2-3-6(13-5)8(11)12;1-2/h2-4H,1H3,(H2,9,10)(H,11,12);1-2H3. The Labute approximate surface area is 92.7 Å². The summed E-state index contributed by atoms with van der Waals surface area (Å²) in [5.74, 6) is -1.84. The molecular formula is C10H15NO3S. The van der Waals surface area contributed by atoms with E-state index in [2.05, 4.69) is 0 Å². The van der Waals surface area contributed by atoms with Gasteiger partial charge in [0.25, 0.3) is 0 Å². The molecule has 15 heavy (non-hydrogen) atoms. The van der Waals surface area contributed by atoms with Gasteiger partial charge in [-0.3, -0.25) is 4.79 Å². The summed E-state index contributed by atoms with van der Waals surface area (Å²) in [6.45, 7) is 5.65. The van der Waals surface area contributed by atoms with Crippen molar-refractivity contribution in [1.29, 1.82) is 0 Å². The van der Waals surface area contributed by atoms with Crippen LogP contribution in [0.2, 0.25) is 0 Å². The number of carboxylic acid groups (broad SMARTS) is 1. The summed E-state index contributed by atoms with van der Waals surface area (Å²) in [5, 5.41) is 8.61. The van der Waals surface area contributed by atoms with Crippen LogP contribution in [0.3, 0.4) is 0 Å². The lowest BCUT2D eigenvalue weighted by molar-refractivity contribution is -0.119. The van der Waals surface area contributed by atoms with Gasteiger partial charge in [0.05, 0.1) is 5.92 Å². The van der Waals surface area contributed by atoms with E-state index in [1.807, 2.05) is 13.8 Å². The minimum absolute atomic E-state index is 0.225. The van der Waals surface area contributed by atoms with Gasteiger partial charge < -0.3 is 10.8 Å². The largest absolute Gasteiger partial charge is 0.477 e. The molecule has 1 heterocycles. The van der Waals surface area contributed by atoms with Crippen LogP contribution in [0.15, 0.2) is 12.1 Å². The van der Waals surface area contributed by atoms with Crippen molar-refractivity contribution in [3.05, 3.63) is 21.9 Å². The molecule has 1 amide bonds. The van der Waals surface area contributed by atoms with Crippen molar-refractivity contribution in [2.24, 2.45) is 5.73 Å². The predicted molar refractivity (Wildman–Crippen MR) is 60.2 cm³/mol. The second kappa shape index (κ2) is 6.19. The Hall–Kier alpha value is -1.36. The number of primary amides is 1. The highest BCUT2D eigenvalue weighted by Crippen LogP contribution is 2.24. The molecule has 0 aliphatic rings. The molecule has 3 N–H and O–H groups in total. The van der Waals surface area contributed by atoms with E-state index >= 15 is 0 Å². The normalized spacial score (nSPS) is 11.1. The maximum absolute atomic E-state index is 10.8. The molecule has 0 radical (unpaired) electrons. The topological polar surface area (TPSA) is 80.4 Å². The summed E-state index contributed by atoms with van der Waals surface area (Å²) in [6, 6.07) is 3.09. The Morgan fingerprint density at radius 2 is 1.93 bits per heavy atom. The average molecular weight is 229 g/mol. The molecule has 0 bridgehead atoms. The maximum atomic E-state index is 10.8. The fourth-order valence-corrected chi connectivity index (χ4v) is 1.75. The third kappa shape index (κ3) is 3.71. The Morgan fingerprint density at radius 1 is 1.40 bits per heavy atom. The summed E-state index contributed by atoms with van der Waals surface area (Å²) in [5.41, 5.74) is 5.07. The van der Waals surface area contributed by atoms with Crippen LogP contribution in [0.25, 0.3) is 0 Å². The van der Waals surface area contributed by atoms with Gasteiger partial charge in [0.2, 0.25) is 5.91 Å². The van der Waals surface area contributed by atoms with Gasteiger partial charge in [-0.05, 0) is 19.1 Å². The van der Waals surface area contributed by atoms with E-state index in [0.29, 0.717) is 4.88 Å². The van der Waals surface area contributed by atoms with Crippen LogP contribution in [-0.4, -0.2) is 17.0 Å². The Kier molecular flexibility index (Phi) is 5.62. The predicted octanol–water partition coefficient (Wildman–Crippen LogP) is 2.06. The summed E-state index contributed by atoms with van der Waals surface area (Å²) in [4.78, 5) is 22.2. The SMILES string of the molecule is CC.CC(C(N)=O)c1ccc(C(=O)O)s1. The van der Waals surface area contributed by atoms with Crippen molar-refractivity contribution >= 4 is 23.2 Å². The molecule has 5 heteroatoms. The molecule has 1 unspecified atom stereocenters. The van der Waals surface area contributed by atoms with Gasteiger partial charge in [0, 0.05) is 4.88 Å². The molecule has 0 saturated carbocycles. The van der Waals surface area contributed by atoms with Crippen LogP contribution < -0.4 is 5.73 Å². The van der Waals surface area contributed by atoms with E-state index in [1.165, 1.54) is 6.07 Å². The van der Waals surface area contributed by atoms with Crippen LogP contribution in [0.5, 0.6) is 0 Å². The highest BCUT2D eigenvalue weighted by molar-refractivity contribution is 7.14. The van der Waals surface area contributed by atoms with Crippen molar-refractivity contribution in [2.75, 3.05) is 0 Å². The van der Waals surface area contributed by atoms with Gasteiger partial charge in [0.1, 0.15) is 4.88 Å². The monoisotopic (exact) mass is 229 g/mol. The van der Waals surface area contributed by atoms with Crippen LogP contribution in [-0.2, 0) is 4.79 Å². The summed E-state index contributed by atoms with van der Waals surface area (Å²) >= 11 is 1.08. The Morgan fingerprint density at radius 3 is 2.27 bits per heavy atom. The van der Waals surface area contributed by atoms with Gasteiger partial charge in [0.15, 0.2) is 0 Å². The van der Waals surface area contributed by atoms with Crippen LogP contribution in [0, 0.1) is 0 Å². The second-order valence-electron chi connectivity index (χ2n) is 2.63. The number of carboxylic acids is 1. The molecule has 84 valence electrons. The summed E-state index contributed by atoms with van der Waals surface area (Å²) in [7, 11) is 0. The average Bonchev–Trinajstić information content (AvgIpc) is 2.68. The highest BCUT2D eigenvalue weighted by Gasteiger charge is 2.15. The number of amides is 1. The number of rotatable bonds is 3. The van der Waals surface area contributed by atoms with Crippen molar-refractivity contribution < 1.29 is 14.7 Å². The van der Waals surface area contributed by atoms with E-state index < -0.39 is 17.8 Å².